The lowest BCUT2D eigenvalue weighted by Gasteiger charge is -2.46. The monoisotopic (exact) mass is 266 g/mol. The van der Waals surface area contributed by atoms with Gasteiger partial charge in [-0.3, -0.25) is 4.79 Å². The topological polar surface area (TPSA) is 57.5 Å². The van der Waals surface area contributed by atoms with Gasteiger partial charge in [0.25, 0.3) is 0 Å². The molecule has 0 fully saturated rings. The van der Waals surface area contributed by atoms with Crippen molar-refractivity contribution in [1.29, 1.82) is 0 Å². The zero-order valence-corrected chi connectivity index (χ0v) is 11.2. The highest BCUT2D eigenvalue weighted by atomic mass is 19.1. The molecule has 1 unspecified atom stereocenters. The number of fused-ring (bicyclic) bond motifs is 1. The summed E-state index contributed by atoms with van der Waals surface area (Å²) in [6.45, 7) is 3.31. The molecule has 0 spiro atoms. The van der Waals surface area contributed by atoms with E-state index in [1.165, 1.54) is 12.1 Å². The Morgan fingerprint density at radius 1 is 1.42 bits per heavy atom. The molecule has 0 bridgehead atoms. The molecule has 0 aromatic heterocycles. The Balaban J connectivity index is 2.39. The fraction of sp³-hybridized carbons (Fsp3) is 0.533. The molecule has 0 radical (unpaired) electrons. The SMILES string of the molecule is CC(C)(O)C1(CC(=O)O)CCc2cc(F)ccc2C1. The Labute approximate surface area is 112 Å². The Morgan fingerprint density at radius 2 is 2.11 bits per heavy atom. The van der Waals surface area contributed by atoms with Gasteiger partial charge in [-0.1, -0.05) is 6.07 Å². The van der Waals surface area contributed by atoms with Crippen LogP contribution in [0.5, 0.6) is 0 Å². The lowest BCUT2D eigenvalue weighted by molar-refractivity contribution is -0.147. The number of hydrogen-bond acceptors (Lipinski definition) is 2. The van der Waals surface area contributed by atoms with Crippen LogP contribution in [0.1, 0.15) is 37.8 Å². The summed E-state index contributed by atoms with van der Waals surface area (Å²) in [4.78, 5) is 11.1. The maximum absolute atomic E-state index is 13.2. The molecule has 2 rings (SSSR count). The first-order valence-electron chi connectivity index (χ1n) is 6.45. The molecule has 0 saturated heterocycles. The van der Waals surface area contributed by atoms with Gasteiger partial charge < -0.3 is 10.2 Å². The number of rotatable bonds is 3. The Kier molecular flexibility index (Phi) is 3.39. The fourth-order valence-corrected chi connectivity index (χ4v) is 3.01. The number of carboxylic acids is 1. The van der Waals surface area contributed by atoms with Crippen molar-refractivity contribution in [2.24, 2.45) is 5.41 Å². The minimum absolute atomic E-state index is 0.0761. The van der Waals surface area contributed by atoms with Crippen molar-refractivity contribution in [1.82, 2.24) is 0 Å². The van der Waals surface area contributed by atoms with Gasteiger partial charge >= 0.3 is 5.97 Å². The molecular weight excluding hydrogens is 247 g/mol. The summed E-state index contributed by atoms with van der Waals surface area (Å²) in [6, 6.07) is 4.59. The van der Waals surface area contributed by atoms with E-state index in [1.807, 2.05) is 0 Å². The number of aliphatic hydroxyl groups is 1. The van der Waals surface area contributed by atoms with Gasteiger partial charge in [-0.2, -0.15) is 0 Å². The Morgan fingerprint density at radius 3 is 2.68 bits per heavy atom. The quantitative estimate of drug-likeness (QED) is 0.884. The zero-order valence-electron chi connectivity index (χ0n) is 11.2. The molecule has 1 aromatic rings. The van der Waals surface area contributed by atoms with Gasteiger partial charge in [0.05, 0.1) is 12.0 Å². The third-order valence-corrected chi connectivity index (χ3v) is 4.36. The highest BCUT2D eigenvalue weighted by molar-refractivity contribution is 5.68. The maximum Gasteiger partial charge on any atom is 0.304 e. The molecule has 0 aliphatic heterocycles. The van der Waals surface area contributed by atoms with Crippen LogP contribution in [0.3, 0.4) is 0 Å². The maximum atomic E-state index is 13.2. The predicted molar refractivity (Wildman–Crippen MR) is 69.4 cm³/mol. The van der Waals surface area contributed by atoms with Crippen molar-refractivity contribution in [3.63, 3.8) is 0 Å². The standard InChI is InChI=1S/C15H19FO3/c1-14(2,19)15(9-13(17)18)6-5-10-7-12(16)4-3-11(10)8-15/h3-4,7,19H,5-6,8-9H2,1-2H3,(H,17,18). The summed E-state index contributed by atoms with van der Waals surface area (Å²) in [6.07, 6.45) is 1.55. The van der Waals surface area contributed by atoms with Crippen LogP contribution in [-0.4, -0.2) is 21.8 Å². The smallest absolute Gasteiger partial charge is 0.304 e. The number of hydrogen-bond donors (Lipinski definition) is 2. The molecule has 104 valence electrons. The summed E-state index contributed by atoms with van der Waals surface area (Å²) < 4.78 is 13.2. The first-order valence-corrected chi connectivity index (χ1v) is 6.45. The van der Waals surface area contributed by atoms with Gasteiger partial charge in [0.15, 0.2) is 0 Å². The van der Waals surface area contributed by atoms with Gasteiger partial charge in [0.2, 0.25) is 0 Å². The summed E-state index contributed by atoms with van der Waals surface area (Å²) >= 11 is 0. The summed E-state index contributed by atoms with van der Waals surface area (Å²) in [5.74, 6) is -1.18. The highest BCUT2D eigenvalue weighted by Gasteiger charge is 2.47. The van der Waals surface area contributed by atoms with Crippen molar-refractivity contribution >= 4 is 5.97 Å². The minimum atomic E-state index is -1.09. The van der Waals surface area contributed by atoms with Crippen LogP contribution >= 0.6 is 0 Å². The largest absolute Gasteiger partial charge is 0.481 e. The van der Waals surface area contributed by atoms with Gasteiger partial charge in [0, 0.05) is 5.41 Å². The lowest BCUT2D eigenvalue weighted by Crippen LogP contribution is -2.48. The molecule has 1 aliphatic carbocycles. The predicted octanol–water partition coefficient (Wildman–Crippen LogP) is 2.55. The van der Waals surface area contributed by atoms with E-state index in [4.69, 9.17) is 5.11 Å². The lowest BCUT2D eigenvalue weighted by atomic mass is 9.61. The van der Waals surface area contributed by atoms with Crippen molar-refractivity contribution in [3.05, 3.63) is 35.1 Å². The number of carboxylic acid groups (broad SMARTS) is 1. The van der Waals surface area contributed by atoms with Crippen molar-refractivity contribution < 1.29 is 19.4 Å². The fourth-order valence-electron chi connectivity index (χ4n) is 3.01. The molecular formula is C15H19FO3. The number of aliphatic carboxylic acids is 1. The van der Waals surface area contributed by atoms with Crippen LogP contribution in [0.15, 0.2) is 18.2 Å². The van der Waals surface area contributed by atoms with E-state index >= 15 is 0 Å². The molecule has 1 aromatic carbocycles. The van der Waals surface area contributed by atoms with Crippen molar-refractivity contribution in [2.45, 2.75) is 45.1 Å². The average Bonchev–Trinajstić information content (AvgIpc) is 2.27. The van der Waals surface area contributed by atoms with E-state index in [-0.39, 0.29) is 12.2 Å². The molecule has 0 heterocycles. The van der Waals surface area contributed by atoms with Crippen LogP contribution in [0.25, 0.3) is 0 Å². The Hall–Kier alpha value is -1.42. The third kappa shape index (κ3) is 2.63. The van der Waals surface area contributed by atoms with Gasteiger partial charge in [-0.25, -0.2) is 4.39 Å². The Bertz CT molecular complexity index is 505. The average molecular weight is 266 g/mol. The summed E-state index contributed by atoms with van der Waals surface area (Å²) in [7, 11) is 0. The van der Waals surface area contributed by atoms with Crippen LogP contribution in [0, 0.1) is 11.2 Å². The molecule has 0 amide bonds. The highest BCUT2D eigenvalue weighted by Crippen LogP contribution is 2.46. The summed E-state index contributed by atoms with van der Waals surface area (Å²) in [5, 5.41) is 19.5. The second-order valence-corrected chi connectivity index (χ2v) is 6.00. The van der Waals surface area contributed by atoms with E-state index in [9.17, 15) is 14.3 Å². The van der Waals surface area contributed by atoms with Gasteiger partial charge in [-0.15, -0.1) is 0 Å². The first kappa shape index (κ1) is 14.0. The molecule has 1 aliphatic rings. The number of halogens is 1. The van der Waals surface area contributed by atoms with Crippen LogP contribution in [0.4, 0.5) is 4.39 Å². The van der Waals surface area contributed by atoms with Crippen LogP contribution < -0.4 is 0 Å². The number of benzene rings is 1. The summed E-state index contributed by atoms with van der Waals surface area (Å²) in [5.41, 5.74) is 0.0856. The zero-order chi connectivity index (χ0) is 14.3. The van der Waals surface area contributed by atoms with Crippen molar-refractivity contribution in [3.8, 4) is 0 Å². The van der Waals surface area contributed by atoms with Crippen molar-refractivity contribution in [2.75, 3.05) is 0 Å². The minimum Gasteiger partial charge on any atom is -0.481 e. The molecule has 2 N–H and O–H groups in total. The van der Waals surface area contributed by atoms with Crippen LogP contribution in [0.2, 0.25) is 0 Å². The van der Waals surface area contributed by atoms with E-state index in [0.29, 0.717) is 19.3 Å². The molecule has 1 atom stereocenters. The van der Waals surface area contributed by atoms with E-state index < -0.39 is 17.0 Å². The second kappa shape index (κ2) is 4.60. The van der Waals surface area contributed by atoms with E-state index in [2.05, 4.69) is 0 Å². The number of carbonyl (C=O) groups is 1. The normalized spacial score (nSPS) is 22.9. The van der Waals surface area contributed by atoms with E-state index in [1.54, 1.807) is 19.9 Å². The first-order chi connectivity index (χ1) is 8.73. The van der Waals surface area contributed by atoms with Crippen LogP contribution in [-0.2, 0) is 17.6 Å². The molecule has 19 heavy (non-hydrogen) atoms. The number of aryl methyl sites for hydroxylation is 1. The van der Waals surface area contributed by atoms with Gasteiger partial charge in [-0.05, 0) is 56.4 Å². The molecule has 0 saturated carbocycles. The van der Waals surface area contributed by atoms with E-state index in [0.717, 1.165) is 11.1 Å². The molecule has 3 nitrogen and oxygen atoms in total. The second-order valence-electron chi connectivity index (χ2n) is 6.00. The van der Waals surface area contributed by atoms with Gasteiger partial charge in [0.1, 0.15) is 5.82 Å². The third-order valence-electron chi connectivity index (χ3n) is 4.36. The molecule has 4 heteroatoms.